The first-order valence-electron chi connectivity index (χ1n) is 17.9. The first-order valence-corrected chi connectivity index (χ1v) is 18.3. The van der Waals surface area contributed by atoms with Gasteiger partial charge in [0.2, 0.25) is 5.95 Å². The van der Waals surface area contributed by atoms with E-state index in [0.29, 0.717) is 28.8 Å². The number of anilines is 3. The van der Waals surface area contributed by atoms with Gasteiger partial charge in [-0.1, -0.05) is 29.3 Å². The number of ether oxygens (including phenoxy) is 1. The van der Waals surface area contributed by atoms with Crippen LogP contribution in [0.4, 0.5) is 17.5 Å². The van der Waals surface area contributed by atoms with Crippen LogP contribution >= 0.6 is 11.6 Å². The number of hydrogen-bond acceptors (Lipinski definition) is 11. The Balaban J connectivity index is 0.929. The predicted octanol–water partition coefficient (Wildman–Crippen LogP) is 5.80. The van der Waals surface area contributed by atoms with Gasteiger partial charge in [0.25, 0.3) is 0 Å². The minimum Gasteiger partial charge on any atom is -0.506 e. The number of fused-ring (bicyclic) bond motifs is 3. The molecule has 3 aromatic rings. The average Bonchev–Trinajstić information content (AvgIpc) is 3.13. The number of phenols is 1. The van der Waals surface area contributed by atoms with Gasteiger partial charge in [0.15, 0.2) is 5.82 Å². The quantitative estimate of drug-likeness (QED) is 0.273. The monoisotopic (exact) mass is 684 g/mol. The largest absolute Gasteiger partial charge is 0.506 e. The Morgan fingerprint density at radius 1 is 1.10 bits per heavy atom. The van der Waals surface area contributed by atoms with Crippen LogP contribution in [0.2, 0.25) is 5.02 Å². The maximum Gasteiger partial charge on any atom is 0.308 e. The van der Waals surface area contributed by atoms with Crippen LogP contribution in [0, 0.1) is 11.3 Å². The summed E-state index contributed by atoms with van der Waals surface area (Å²) in [5.41, 5.74) is 5.78. The zero-order chi connectivity index (χ0) is 33.5. The zero-order valence-electron chi connectivity index (χ0n) is 28.1. The number of hydrogen-bond donors (Lipinski definition) is 3. The van der Waals surface area contributed by atoms with E-state index in [1.807, 2.05) is 37.5 Å². The highest BCUT2D eigenvalue weighted by Crippen LogP contribution is 2.56. The van der Waals surface area contributed by atoms with Gasteiger partial charge in [-0.2, -0.15) is 0 Å². The molecule has 0 amide bonds. The van der Waals surface area contributed by atoms with E-state index in [1.54, 1.807) is 0 Å². The van der Waals surface area contributed by atoms with Crippen molar-refractivity contribution in [3.05, 3.63) is 52.3 Å². The Bertz CT molecular complexity index is 1730. The van der Waals surface area contributed by atoms with Crippen LogP contribution in [-0.4, -0.2) is 83.2 Å². The molecular weight excluding hydrogens is 640 g/mol. The van der Waals surface area contributed by atoms with Crippen molar-refractivity contribution in [3.63, 3.8) is 0 Å². The maximum absolute atomic E-state index is 12.2. The SMILES string of the molecule is CCOC(=O)C1CCC2(CC1)CC(=Cc1ccc(-c3cc4c(nn3)NC[C@H]3CN(c5ncc(C6CCNCC6)cn5)CCN43)c(O)c1Cl)C2. The standard InChI is InChI=1S/C37H45ClN8O3/c1-2-49-35(48)25-5-9-37(10-6-25)17-23(18-37)15-26-3-4-29(33(47)32(26)38)30-16-31-34(44-43-30)40-21-28-22-45(13-14-46(28)31)36-41-19-27(20-42-36)24-7-11-39-12-8-24/h3-4,15-16,19-20,24-25,28,39,47H,2,5-14,17-18,21-22H2,1H3,(H,40,44)/t25?,28-,37?/m0/s1. The number of aromatic hydroxyl groups is 1. The minimum atomic E-state index is -0.0450. The van der Waals surface area contributed by atoms with Crippen LogP contribution in [0.5, 0.6) is 5.75 Å². The topological polar surface area (TPSA) is 129 Å². The fourth-order valence-corrected chi connectivity index (χ4v) is 8.89. The van der Waals surface area contributed by atoms with Crippen molar-refractivity contribution in [2.45, 2.75) is 70.3 Å². The summed E-state index contributed by atoms with van der Waals surface area (Å²) in [7, 11) is 0. The fraction of sp³-hybridized carbons (Fsp3) is 0.541. The molecule has 2 saturated heterocycles. The highest BCUT2D eigenvalue weighted by atomic mass is 35.5. The molecule has 8 rings (SSSR count). The molecule has 1 spiro atoms. The van der Waals surface area contributed by atoms with Gasteiger partial charge in [0.05, 0.1) is 35.0 Å². The molecule has 3 aliphatic heterocycles. The second kappa shape index (κ2) is 13.4. The molecule has 5 heterocycles. The molecule has 0 radical (unpaired) electrons. The summed E-state index contributed by atoms with van der Waals surface area (Å²) in [4.78, 5) is 26.4. The summed E-state index contributed by atoms with van der Waals surface area (Å²) < 4.78 is 5.25. The summed E-state index contributed by atoms with van der Waals surface area (Å²) in [6, 6.07) is 6.07. The van der Waals surface area contributed by atoms with Gasteiger partial charge < -0.3 is 30.3 Å². The number of nitrogens with one attached hydrogen (secondary N) is 2. The molecule has 4 fully saturated rings. The Kier molecular flexibility index (Phi) is 8.82. The van der Waals surface area contributed by atoms with Crippen molar-refractivity contribution in [2.75, 3.05) is 61.0 Å². The van der Waals surface area contributed by atoms with Crippen molar-refractivity contribution < 1.29 is 14.6 Å². The molecule has 0 bridgehead atoms. The van der Waals surface area contributed by atoms with Crippen LogP contribution in [0.3, 0.4) is 0 Å². The number of aromatic nitrogens is 4. The third kappa shape index (κ3) is 6.31. The van der Waals surface area contributed by atoms with Gasteiger partial charge in [0, 0.05) is 44.1 Å². The van der Waals surface area contributed by atoms with E-state index in [1.165, 1.54) is 11.1 Å². The van der Waals surface area contributed by atoms with E-state index >= 15 is 0 Å². The van der Waals surface area contributed by atoms with Crippen LogP contribution < -0.4 is 20.4 Å². The van der Waals surface area contributed by atoms with Crippen molar-refractivity contribution in [1.82, 2.24) is 25.5 Å². The number of phenolic OH excluding ortho intramolecular Hbond substituents is 1. The Morgan fingerprint density at radius 2 is 1.88 bits per heavy atom. The minimum absolute atomic E-state index is 0.0180. The number of rotatable bonds is 6. The number of halogens is 1. The lowest BCUT2D eigenvalue weighted by atomic mass is 9.57. The molecule has 12 heteroatoms. The number of carbonyl (C=O) groups excluding carboxylic acids is 1. The van der Waals surface area contributed by atoms with E-state index in [9.17, 15) is 9.90 Å². The highest BCUT2D eigenvalue weighted by Gasteiger charge is 2.44. The number of nitrogens with zero attached hydrogens (tertiary/aromatic N) is 6. The Hall–Kier alpha value is -3.96. The summed E-state index contributed by atoms with van der Waals surface area (Å²) in [5, 5.41) is 27.5. The normalized spacial score (nSPS) is 25.2. The number of piperidine rings is 1. The van der Waals surface area contributed by atoms with E-state index in [4.69, 9.17) is 26.3 Å². The van der Waals surface area contributed by atoms with Crippen LogP contribution in [-0.2, 0) is 9.53 Å². The van der Waals surface area contributed by atoms with E-state index in [-0.39, 0.29) is 29.1 Å². The Morgan fingerprint density at radius 3 is 2.63 bits per heavy atom. The molecule has 2 aliphatic carbocycles. The first-order chi connectivity index (χ1) is 23.9. The molecule has 11 nitrogen and oxygen atoms in total. The fourth-order valence-electron chi connectivity index (χ4n) is 8.67. The van der Waals surface area contributed by atoms with Gasteiger partial charge in [0.1, 0.15) is 5.75 Å². The molecule has 1 atom stereocenters. The molecule has 258 valence electrons. The van der Waals surface area contributed by atoms with Crippen molar-refractivity contribution in [2.24, 2.45) is 11.3 Å². The van der Waals surface area contributed by atoms with Crippen LogP contribution in [0.15, 0.2) is 36.2 Å². The average molecular weight is 685 g/mol. The molecule has 49 heavy (non-hydrogen) atoms. The highest BCUT2D eigenvalue weighted by molar-refractivity contribution is 6.34. The molecular formula is C37H45ClN8O3. The van der Waals surface area contributed by atoms with Crippen molar-refractivity contribution >= 4 is 41.1 Å². The third-order valence-corrected chi connectivity index (χ3v) is 11.9. The summed E-state index contributed by atoms with van der Waals surface area (Å²) in [6.45, 7) is 7.55. The molecule has 1 aromatic carbocycles. The lowest BCUT2D eigenvalue weighted by Crippen LogP contribution is -2.58. The third-order valence-electron chi connectivity index (χ3n) is 11.5. The Labute approximate surface area is 292 Å². The van der Waals surface area contributed by atoms with E-state index in [2.05, 4.69) is 36.7 Å². The van der Waals surface area contributed by atoms with Gasteiger partial charge in [-0.05, 0) is 106 Å². The molecule has 5 aliphatic rings. The van der Waals surface area contributed by atoms with E-state index in [0.717, 1.165) is 114 Å². The van der Waals surface area contributed by atoms with Crippen molar-refractivity contribution in [1.29, 1.82) is 0 Å². The number of esters is 1. The summed E-state index contributed by atoms with van der Waals surface area (Å²) in [5.74, 6) is 2.08. The second-order valence-electron chi connectivity index (χ2n) is 14.5. The second-order valence-corrected chi connectivity index (χ2v) is 14.9. The van der Waals surface area contributed by atoms with Gasteiger partial charge in [-0.25, -0.2) is 9.97 Å². The lowest BCUT2D eigenvalue weighted by molar-refractivity contribution is -0.150. The number of allylic oxidation sites excluding steroid dienone is 1. The maximum atomic E-state index is 12.2. The van der Waals surface area contributed by atoms with Crippen LogP contribution in [0.1, 0.15) is 75.3 Å². The van der Waals surface area contributed by atoms with Gasteiger partial charge >= 0.3 is 5.97 Å². The molecule has 2 saturated carbocycles. The molecule has 3 N–H and O–H groups in total. The van der Waals surface area contributed by atoms with E-state index < -0.39 is 0 Å². The smallest absolute Gasteiger partial charge is 0.308 e. The number of piperazine rings is 1. The van der Waals surface area contributed by atoms with Crippen LogP contribution in [0.25, 0.3) is 17.3 Å². The van der Waals surface area contributed by atoms with Gasteiger partial charge in [-0.3, -0.25) is 4.79 Å². The molecule has 0 unspecified atom stereocenters. The first kappa shape index (κ1) is 32.3. The number of benzene rings is 1. The summed E-state index contributed by atoms with van der Waals surface area (Å²) in [6.07, 6.45) is 14.3. The predicted molar refractivity (Wildman–Crippen MR) is 191 cm³/mol. The summed E-state index contributed by atoms with van der Waals surface area (Å²) >= 11 is 6.78. The van der Waals surface area contributed by atoms with Crippen molar-refractivity contribution in [3.8, 4) is 17.0 Å². The van der Waals surface area contributed by atoms with Gasteiger partial charge in [-0.15, -0.1) is 10.2 Å². The zero-order valence-corrected chi connectivity index (χ0v) is 28.9. The molecule has 2 aromatic heterocycles. The lowest BCUT2D eigenvalue weighted by Gasteiger charge is -2.48. The number of carbonyl (C=O) groups is 1.